The molecule has 0 heterocycles. The molecular formula is C40H76IN. The van der Waals surface area contributed by atoms with Crippen molar-refractivity contribution in [3.8, 4) is 0 Å². The minimum atomic E-state index is 0. The Morgan fingerprint density at radius 1 is 0.381 bits per heavy atom. The average Bonchev–Trinajstić information content (AvgIpc) is 2.98. The van der Waals surface area contributed by atoms with E-state index in [4.69, 9.17) is 0 Å². The van der Waals surface area contributed by atoms with Gasteiger partial charge in [-0.25, -0.2) is 0 Å². The molecule has 248 valence electrons. The molecule has 0 fully saturated rings. The Bertz CT molecular complexity index is 632. The minimum absolute atomic E-state index is 0. The number of rotatable bonds is 32. The third-order valence-electron chi connectivity index (χ3n) is 9.51. The zero-order valence-electron chi connectivity index (χ0n) is 29.1. The van der Waals surface area contributed by atoms with E-state index >= 15 is 0 Å². The molecule has 1 aromatic rings. The normalized spacial score (nSPS) is 12.7. The van der Waals surface area contributed by atoms with Crippen molar-refractivity contribution >= 4 is 0 Å². The van der Waals surface area contributed by atoms with Gasteiger partial charge in [0.25, 0.3) is 0 Å². The van der Waals surface area contributed by atoms with Crippen LogP contribution in [0.5, 0.6) is 0 Å². The van der Waals surface area contributed by atoms with Crippen molar-refractivity contribution in [2.75, 3.05) is 20.1 Å². The van der Waals surface area contributed by atoms with Crippen LogP contribution in [0.1, 0.15) is 199 Å². The van der Waals surface area contributed by atoms with E-state index in [1.165, 1.54) is 209 Å². The quantitative estimate of drug-likeness (QED) is 0.0399. The molecule has 1 rings (SSSR count). The zero-order chi connectivity index (χ0) is 29.5. The minimum Gasteiger partial charge on any atom is -1.00 e. The van der Waals surface area contributed by atoms with Crippen LogP contribution in [0, 0.1) is 0 Å². The Morgan fingerprint density at radius 2 is 0.643 bits per heavy atom. The summed E-state index contributed by atoms with van der Waals surface area (Å²) in [5.41, 5.74) is 1.52. The summed E-state index contributed by atoms with van der Waals surface area (Å²) in [7, 11) is 2.54. The van der Waals surface area contributed by atoms with Crippen LogP contribution in [0.25, 0.3) is 0 Å². The van der Waals surface area contributed by atoms with E-state index in [1.807, 2.05) is 0 Å². The molecule has 0 saturated heterocycles. The van der Waals surface area contributed by atoms with Crippen molar-refractivity contribution in [3.63, 3.8) is 0 Å². The number of hydrogen-bond acceptors (Lipinski definition) is 0. The van der Waals surface area contributed by atoms with Gasteiger partial charge in [-0.05, 0) is 25.7 Å². The van der Waals surface area contributed by atoms with Crippen LogP contribution >= 0.6 is 0 Å². The molecule has 42 heavy (non-hydrogen) atoms. The maximum Gasteiger partial charge on any atom is 0.104 e. The Hall–Kier alpha value is -0.0900. The number of nitrogens with zero attached hydrogens (tertiary/aromatic N) is 1. The van der Waals surface area contributed by atoms with Gasteiger partial charge in [0.05, 0.1) is 20.1 Å². The number of hydrogen-bond donors (Lipinski definition) is 0. The molecular weight excluding hydrogens is 621 g/mol. The first-order valence-electron chi connectivity index (χ1n) is 19.1. The molecule has 1 unspecified atom stereocenters. The second-order valence-corrected chi connectivity index (χ2v) is 13.9. The predicted octanol–water partition coefficient (Wildman–Crippen LogP) is 10.6. The van der Waals surface area contributed by atoms with Gasteiger partial charge in [0, 0.05) is 5.56 Å². The van der Waals surface area contributed by atoms with Gasteiger partial charge >= 0.3 is 0 Å². The molecule has 0 aliphatic rings. The second-order valence-electron chi connectivity index (χ2n) is 13.9. The van der Waals surface area contributed by atoms with Crippen LogP contribution in [0.4, 0.5) is 0 Å². The van der Waals surface area contributed by atoms with Gasteiger partial charge in [0.1, 0.15) is 6.54 Å². The van der Waals surface area contributed by atoms with E-state index in [-0.39, 0.29) is 24.0 Å². The number of unbranched alkanes of at least 4 members (excludes halogenated alkanes) is 26. The summed E-state index contributed by atoms with van der Waals surface area (Å²) >= 11 is 0. The lowest BCUT2D eigenvalue weighted by Gasteiger charge is -2.35. The molecule has 2 heteroatoms. The van der Waals surface area contributed by atoms with E-state index in [1.54, 1.807) is 0 Å². The first-order valence-corrected chi connectivity index (χ1v) is 19.1. The number of halogens is 1. The summed E-state index contributed by atoms with van der Waals surface area (Å²) in [6.45, 7) is 8.53. The molecule has 1 nitrogen and oxygen atoms in total. The Balaban J connectivity index is 0.0000168. The van der Waals surface area contributed by atoms with Crippen LogP contribution < -0.4 is 24.0 Å². The Morgan fingerprint density at radius 3 is 0.929 bits per heavy atom. The van der Waals surface area contributed by atoms with Gasteiger partial charge in [-0.2, -0.15) is 0 Å². The van der Waals surface area contributed by atoms with E-state index in [0.717, 1.165) is 0 Å². The standard InChI is InChI=1S/C40H76N.HI/c1-4-6-8-10-12-14-16-18-19-20-21-23-25-27-29-34-38-41(3,39-40-35-31-30-32-36-40)37-33-28-26-24-22-17-15-13-11-9-7-5-2;/h30-32,35-36H,4-29,33-34,37-39H2,1-3H3;1H/q+1;/p-1. The Labute approximate surface area is 283 Å². The maximum atomic E-state index is 2.54. The van der Waals surface area contributed by atoms with Crippen LogP contribution in [-0.2, 0) is 6.54 Å². The lowest BCUT2D eigenvalue weighted by Crippen LogP contribution is -3.00. The first-order chi connectivity index (χ1) is 20.2. The van der Waals surface area contributed by atoms with Gasteiger partial charge in [-0.1, -0.05) is 198 Å². The van der Waals surface area contributed by atoms with Gasteiger partial charge in [-0.3, -0.25) is 0 Å². The highest BCUT2D eigenvalue weighted by Gasteiger charge is 2.21. The largest absolute Gasteiger partial charge is 1.00 e. The fourth-order valence-corrected chi connectivity index (χ4v) is 6.67. The topological polar surface area (TPSA) is 0 Å². The fraction of sp³-hybridized carbons (Fsp3) is 0.850. The summed E-state index contributed by atoms with van der Waals surface area (Å²) < 4.78 is 1.24. The maximum absolute atomic E-state index is 2.54. The predicted molar refractivity (Wildman–Crippen MR) is 187 cm³/mol. The summed E-state index contributed by atoms with van der Waals surface area (Å²) in [6.07, 6.45) is 40.6. The van der Waals surface area contributed by atoms with Gasteiger partial charge in [0.2, 0.25) is 0 Å². The van der Waals surface area contributed by atoms with Crippen LogP contribution in [0.15, 0.2) is 30.3 Å². The lowest BCUT2D eigenvalue weighted by molar-refractivity contribution is -0.923. The second kappa shape index (κ2) is 32.3. The van der Waals surface area contributed by atoms with Gasteiger partial charge in [-0.15, -0.1) is 0 Å². The third-order valence-corrected chi connectivity index (χ3v) is 9.51. The highest BCUT2D eigenvalue weighted by Crippen LogP contribution is 2.19. The molecule has 0 amide bonds. The summed E-state index contributed by atoms with van der Waals surface area (Å²) in [4.78, 5) is 0. The van der Waals surface area contributed by atoms with Gasteiger partial charge < -0.3 is 28.5 Å². The van der Waals surface area contributed by atoms with Gasteiger partial charge in [0.15, 0.2) is 0 Å². The summed E-state index contributed by atoms with van der Waals surface area (Å²) in [5, 5.41) is 0. The van der Waals surface area contributed by atoms with E-state index in [9.17, 15) is 0 Å². The molecule has 0 aromatic heterocycles. The molecule has 0 spiro atoms. The highest BCUT2D eigenvalue weighted by atomic mass is 127. The zero-order valence-corrected chi connectivity index (χ0v) is 31.3. The molecule has 0 bridgehead atoms. The van der Waals surface area contributed by atoms with Crippen molar-refractivity contribution < 1.29 is 28.5 Å². The summed E-state index contributed by atoms with van der Waals surface area (Å²) in [6, 6.07) is 11.3. The summed E-state index contributed by atoms with van der Waals surface area (Å²) in [5.74, 6) is 0. The average molecular weight is 698 g/mol. The van der Waals surface area contributed by atoms with Crippen molar-refractivity contribution in [3.05, 3.63) is 35.9 Å². The van der Waals surface area contributed by atoms with Crippen molar-refractivity contribution in [1.29, 1.82) is 0 Å². The molecule has 0 aliphatic heterocycles. The molecule has 1 aromatic carbocycles. The number of benzene rings is 1. The third kappa shape index (κ3) is 27.5. The van der Waals surface area contributed by atoms with Crippen molar-refractivity contribution in [1.82, 2.24) is 0 Å². The van der Waals surface area contributed by atoms with E-state index in [0.29, 0.717) is 0 Å². The van der Waals surface area contributed by atoms with Crippen LogP contribution in [-0.4, -0.2) is 24.6 Å². The smallest absolute Gasteiger partial charge is 0.104 e. The van der Waals surface area contributed by atoms with Crippen molar-refractivity contribution in [2.24, 2.45) is 0 Å². The fourth-order valence-electron chi connectivity index (χ4n) is 6.67. The SMILES string of the molecule is CCCCCCCCCCCCCCCCCC[N+](C)(CCCCCCCCCCCCCC)Cc1ccccc1.[I-]. The molecule has 1 atom stereocenters. The number of quaternary nitrogens is 1. The monoisotopic (exact) mass is 698 g/mol. The Kier molecular flexibility index (Phi) is 32.2. The molecule has 0 saturated carbocycles. The molecule has 0 radical (unpaired) electrons. The van der Waals surface area contributed by atoms with Crippen LogP contribution in [0.2, 0.25) is 0 Å². The molecule has 0 aliphatic carbocycles. The molecule has 0 N–H and O–H groups in total. The van der Waals surface area contributed by atoms with Crippen molar-refractivity contribution in [2.45, 2.75) is 200 Å². The van der Waals surface area contributed by atoms with E-state index < -0.39 is 0 Å². The lowest BCUT2D eigenvalue weighted by atomic mass is 10.0. The highest BCUT2D eigenvalue weighted by molar-refractivity contribution is 5.13. The first kappa shape index (κ1) is 41.9. The van der Waals surface area contributed by atoms with Crippen LogP contribution in [0.3, 0.4) is 0 Å². The van der Waals surface area contributed by atoms with E-state index in [2.05, 4.69) is 51.2 Å².